The van der Waals surface area contributed by atoms with Crippen LogP contribution in [-0.2, 0) is 5.41 Å². The summed E-state index contributed by atoms with van der Waals surface area (Å²) < 4.78 is 0. The van der Waals surface area contributed by atoms with Gasteiger partial charge in [0.2, 0.25) is 0 Å². The van der Waals surface area contributed by atoms with Gasteiger partial charge in [0.15, 0.2) is 0 Å². The standard InChI is InChI=1S/C9H13N2/c1-9(2,3)8-7(10)5-4-6-11-8/h4,6H,10H2,1-3H3. The van der Waals surface area contributed by atoms with Crippen molar-refractivity contribution in [3.05, 3.63) is 24.0 Å². The number of rotatable bonds is 0. The maximum absolute atomic E-state index is 5.69. The maximum Gasteiger partial charge on any atom is 0.0692 e. The van der Waals surface area contributed by atoms with Gasteiger partial charge in [0.25, 0.3) is 0 Å². The van der Waals surface area contributed by atoms with E-state index in [1.807, 2.05) is 0 Å². The minimum atomic E-state index is 0.0157. The lowest BCUT2D eigenvalue weighted by Gasteiger charge is -2.18. The molecule has 2 heteroatoms. The fourth-order valence-corrected chi connectivity index (χ4v) is 0.974. The van der Waals surface area contributed by atoms with E-state index in [1.54, 1.807) is 12.3 Å². The number of nitrogens with two attached hydrogens (primary N) is 1. The van der Waals surface area contributed by atoms with Gasteiger partial charge >= 0.3 is 0 Å². The first-order valence-corrected chi connectivity index (χ1v) is 3.64. The van der Waals surface area contributed by atoms with Gasteiger partial charge < -0.3 is 5.73 Å². The fraction of sp³-hybridized carbons (Fsp3) is 0.444. The molecule has 0 saturated carbocycles. The van der Waals surface area contributed by atoms with Crippen LogP contribution in [0.5, 0.6) is 0 Å². The Balaban J connectivity index is 3.14. The molecule has 1 aromatic rings. The molecule has 0 aliphatic carbocycles. The zero-order valence-corrected chi connectivity index (χ0v) is 7.18. The molecule has 0 atom stereocenters. The van der Waals surface area contributed by atoms with Gasteiger partial charge in [-0.3, -0.25) is 4.98 Å². The second-order valence-corrected chi connectivity index (χ2v) is 3.60. The summed E-state index contributed by atoms with van der Waals surface area (Å²) in [6, 6.07) is 4.65. The van der Waals surface area contributed by atoms with Crippen molar-refractivity contribution in [2.45, 2.75) is 26.2 Å². The first-order valence-electron chi connectivity index (χ1n) is 3.64. The summed E-state index contributed by atoms with van der Waals surface area (Å²) in [6.45, 7) is 6.25. The zero-order chi connectivity index (χ0) is 8.48. The highest BCUT2D eigenvalue weighted by Crippen LogP contribution is 2.23. The molecule has 2 nitrogen and oxygen atoms in total. The average molecular weight is 149 g/mol. The Labute approximate surface area is 67.5 Å². The predicted octanol–water partition coefficient (Wildman–Crippen LogP) is 1.76. The lowest BCUT2D eigenvalue weighted by Crippen LogP contribution is -2.15. The Bertz CT molecular complexity index is 248. The van der Waals surface area contributed by atoms with Crippen molar-refractivity contribution in [1.29, 1.82) is 0 Å². The van der Waals surface area contributed by atoms with Crippen LogP contribution in [0.3, 0.4) is 0 Å². The molecule has 0 aromatic carbocycles. The van der Waals surface area contributed by atoms with Crippen molar-refractivity contribution >= 4 is 5.69 Å². The van der Waals surface area contributed by atoms with E-state index in [4.69, 9.17) is 5.73 Å². The van der Waals surface area contributed by atoms with E-state index in [1.165, 1.54) is 0 Å². The van der Waals surface area contributed by atoms with Crippen molar-refractivity contribution in [3.8, 4) is 0 Å². The third-order valence-corrected chi connectivity index (χ3v) is 1.48. The van der Waals surface area contributed by atoms with Crippen molar-refractivity contribution in [2.24, 2.45) is 0 Å². The van der Waals surface area contributed by atoms with E-state index in [-0.39, 0.29) is 5.41 Å². The molecule has 59 valence electrons. The Morgan fingerprint density at radius 1 is 1.45 bits per heavy atom. The van der Waals surface area contributed by atoms with Crippen molar-refractivity contribution < 1.29 is 0 Å². The number of nitrogens with zero attached hydrogens (tertiary/aromatic N) is 1. The third kappa shape index (κ3) is 1.70. The van der Waals surface area contributed by atoms with Crippen LogP contribution >= 0.6 is 0 Å². The summed E-state index contributed by atoms with van der Waals surface area (Å²) in [5.74, 6) is 0. The lowest BCUT2D eigenvalue weighted by molar-refractivity contribution is 0.571. The van der Waals surface area contributed by atoms with Crippen LogP contribution in [0, 0.1) is 6.07 Å². The van der Waals surface area contributed by atoms with Gasteiger partial charge in [-0.1, -0.05) is 20.8 Å². The number of hydrogen-bond acceptors (Lipinski definition) is 2. The highest BCUT2D eigenvalue weighted by molar-refractivity contribution is 5.44. The molecule has 0 aliphatic rings. The van der Waals surface area contributed by atoms with Crippen LogP contribution < -0.4 is 5.73 Å². The summed E-state index contributed by atoms with van der Waals surface area (Å²) in [5.41, 5.74) is 7.27. The highest BCUT2D eigenvalue weighted by Gasteiger charge is 2.17. The topological polar surface area (TPSA) is 38.9 Å². The molecule has 1 aromatic heterocycles. The molecule has 0 unspecified atom stereocenters. The first-order chi connectivity index (χ1) is 5.02. The first kappa shape index (κ1) is 8.05. The lowest BCUT2D eigenvalue weighted by atomic mass is 9.90. The fourth-order valence-electron chi connectivity index (χ4n) is 0.974. The maximum atomic E-state index is 5.69. The minimum absolute atomic E-state index is 0.0157. The number of pyridine rings is 1. The van der Waals surface area contributed by atoms with Gasteiger partial charge in [0.1, 0.15) is 0 Å². The van der Waals surface area contributed by atoms with Crippen LogP contribution in [-0.4, -0.2) is 4.98 Å². The number of aromatic nitrogens is 1. The van der Waals surface area contributed by atoms with Crippen LogP contribution in [0.15, 0.2) is 12.3 Å². The van der Waals surface area contributed by atoms with E-state index in [9.17, 15) is 0 Å². The molecular formula is C9H13N2. The van der Waals surface area contributed by atoms with Crippen LogP contribution in [0.1, 0.15) is 26.5 Å². The van der Waals surface area contributed by atoms with Crippen molar-refractivity contribution in [2.75, 3.05) is 5.73 Å². The SMILES string of the molecule is CC(C)(C)c1ncc[c]c1N. The molecule has 0 spiro atoms. The van der Waals surface area contributed by atoms with Gasteiger partial charge in [0.05, 0.1) is 11.4 Å². The van der Waals surface area contributed by atoms with E-state index >= 15 is 0 Å². The summed E-state index contributed by atoms with van der Waals surface area (Å²) in [7, 11) is 0. The Morgan fingerprint density at radius 3 is 2.45 bits per heavy atom. The molecule has 11 heavy (non-hydrogen) atoms. The molecule has 0 fully saturated rings. The summed E-state index contributed by atoms with van der Waals surface area (Å²) >= 11 is 0. The van der Waals surface area contributed by atoms with Crippen LogP contribution in [0.4, 0.5) is 5.69 Å². The molecule has 0 bridgehead atoms. The third-order valence-electron chi connectivity index (χ3n) is 1.48. The minimum Gasteiger partial charge on any atom is -0.397 e. The molecule has 0 saturated heterocycles. The number of anilines is 1. The van der Waals surface area contributed by atoms with E-state index < -0.39 is 0 Å². The second kappa shape index (κ2) is 2.53. The molecular weight excluding hydrogens is 136 g/mol. The number of hydrogen-bond donors (Lipinski definition) is 1. The van der Waals surface area contributed by atoms with Crippen molar-refractivity contribution in [1.82, 2.24) is 4.98 Å². The molecule has 2 N–H and O–H groups in total. The summed E-state index contributed by atoms with van der Waals surface area (Å²) in [6.07, 6.45) is 1.72. The Kier molecular flexibility index (Phi) is 1.85. The van der Waals surface area contributed by atoms with Crippen LogP contribution in [0.2, 0.25) is 0 Å². The zero-order valence-electron chi connectivity index (χ0n) is 7.18. The van der Waals surface area contributed by atoms with E-state index in [0.717, 1.165) is 5.69 Å². The van der Waals surface area contributed by atoms with E-state index in [2.05, 4.69) is 31.8 Å². The predicted molar refractivity (Wildman–Crippen MR) is 46.2 cm³/mol. The molecule has 0 amide bonds. The molecule has 1 heterocycles. The quantitative estimate of drug-likeness (QED) is 0.610. The average Bonchev–Trinajstić information content (AvgIpc) is 1.86. The highest BCUT2D eigenvalue weighted by atomic mass is 14.7. The van der Waals surface area contributed by atoms with Gasteiger partial charge in [-0.25, -0.2) is 0 Å². The van der Waals surface area contributed by atoms with Gasteiger partial charge in [-0.05, 0) is 6.07 Å². The largest absolute Gasteiger partial charge is 0.397 e. The van der Waals surface area contributed by atoms with Gasteiger partial charge in [0, 0.05) is 17.7 Å². The van der Waals surface area contributed by atoms with Gasteiger partial charge in [-0.15, -0.1) is 0 Å². The molecule has 0 aliphatic heterocycles. The Hall–Kier alpha value is -1.05. The number of nitrogen functional groups attached to an aromatic ring is 1. The summed E-state index contributed by atoms with van der Waals surface area (Å²) in [4.78, 5) is 4.19. The normalized spacial score (nSPS) is 11.5. The Morgan fingerprint density at radius 2 is 2.09 bits per heavy atom. The summed E-state index contributed by atoms with van der Waals surface area (Å²) in [5, 5.41) is 0. The molecule has 1 radical (unpaired) electrons. The van der Waals surface area contributed by atoms with E-state index in [0.29, 0.717) is 5.69 Å². The monoisotopic (exact) mass is 149 g/mol. The van der Waals surface area contributed by atoms with Gasteiger partial charge in [-0.2, -0.15) is 0 Å². The smallest absolute Gasteiger partial charge is 0.0692 e. The molecule has 1 rings (SSSR count). The van der Waals surface area contributed by atoms with Crippen molar-refractivity contribution in [3.63, 3.8) is 0 Å². The second-order valence-electron chi connectivity index (χ2n) is 3.60. The van der Waals surface area contributed by atoms with Crippen LogP contribution in [0.25, 0.3) is 0 Å².